The third-order valence-electron chi connectivity index (χ3n) is 7.60. The van der Waals surface area contributed by atoms with Crippen molar-refractivity contribution in [3.05, 3.63) is 64.7 Å². The molecule has 0 aliphatic heterocycles. The maximum atomic E-state index is 13.7. The predicted octanol–water partition coefficient (Wildman–Crippen LogP) is 5.41. The number of rotatable bonds is 12. The molecule has 2 aromatic carbocycles. The SMILES string of the molecule is CCC(C(=O)NC1CCCCC1)N(Cc1ccc(C)cc1)C(=O)CCCN(c1cc(C)ccc1C)S(C)(=O)=O. The Hall–Kier alpha value is -2.87. The molecule has 0 bridgehead atoms. The van der Waals surface area contributed by atoms with Crippen LogP contribution < -0.4 is 9.62 Å². The van der Waals surface area contributed by atoms with Crippen molar-refractivity contribution in [2.24, 2.45) is 0 Å². The Bertz CT molecular complexity index is 1220. The van der Waals surface area contributed by atoms with Crippen molar-refractivity contribution in [2.45, 2.75) is 97.7 Å². The van der Waals surface area contributed by atoms with E-state index in [0.717, 1.165) is 47.9 Å². The van der Waals surface area contributed by atoms with Gasteiger partial charge in [-0.2, -0.15) is 0 Å². The fourth-order valence-corrected chi connectivity index (χ4v) is 6.34. The first-order valence-electron chi connectivity index (χ1n) is 14.2. The monoisotopic (exact) mass is 555 g/mol. The smallest absolute Gasteiger partial charge is 0.243 e. The van der Waals surface area contributed by atoms with Gasteiger partial charge in [-0.1, -0.05) is 68.1 Å². The molecule has 2 amide bonds. The molecule has 39 heavy (non-hydrogen) atoms. The second-order valence-electron chi connectivity index (χ2n) is 11.0. The van der Waals surface area contributed by atoms with Gasteiger partial charge in [0.15, 0.2) is 0 Å². The van der Waals surface area contributed by atoms with Gasteiger partial charge in [0.1, 0.15) is 6.04 Å². The highest BCUT2D eigenvalue weighted by atomic mass is 32.2. The van der Waals surface area contributed by atoms with E-state index in [-0.39, 0.29) is 30.8 Å². The van der Waals surface area contributed by atoms with Crippen LogP contribution in [0.5, 0.6) is 0 Å². The van der Waals surface area contributed by atoms with Crippen molar-refractivity contribution in [1.82, 2.24) is 10.2 Å². The summed E-state index contributed by atoms with van der Waals surface area (Å²) in [6.07, 6.45) is 7.60. The molecule has 7 nitrogen and oxygen atoms in total. The number of amides is 2. The molecule has 1 saturated carbocycles. The zero-order valence-electron chi connectivity index (χ0n) is 24.2. The Kier molecular flexibility index (Phi) is 11.0. The van der Waals surface area contributed by atoms with Gasteiger partial charge < -0.3 is 10.2 Å². The standard InChI is InChI=1S/C31H45N3O4S/c1-6-28(31(36)32-27-11-8-7-9-12-27)33(22-26-18-15-23(2)16-19-26)30(35)13-10-20-34(39(5,37)38)29-21-24(3)14-17-25(29)4/h14-19,21,27-28H,6-13,20,22H2,1-5H3,(H,32,36). The number of carbonyl (C=O) groups excluding carboxylic acids is 2. The number of nitrogens with one attached hydrogen (secondary N) is 1. The molecular weight excluding hydrogens is 510 g/mol. The minimum absolute atomic E-state index is 0.0991. The Balaban J connectivity index is 1.77. The summed E-state index contributed by atoms with van der Waals surface area (Å²) in [6, 6.07) is 13.3. The van der Waals surface area contributed by atoms with Crippen LogP contribution in [0.4, 0.5) is 5.69 Å². The first-order valence-corrected chi connectivity index (χ1v) is 16.0. The molecule has 1 atom stereocenters. The van der Waals surface area contributed by atoms with E-state index < -0.39 is 16.1 Å². The summed E-state index contributed by atoms with van der Waals surface area (Å²) >= 11 is 0. The predicted molar refractivity (Wildman–Crippen MR) is 158 cm³/mol. The Morgan fingerprint density at radius 1 is 0.974 bits per heavy atom. The molecule has 1 fully saturated rings. The molecule has 0 saturated heterocycles. The van der Waals surface area contributed by atoms with Crippen molar-refractivity contribution in [3.8, 4) is 0 Å². The molecule has 3 rings (SSSR count). The summed E-state index contributed by atoms with van der Waals surface area (Å²) in [5, 5.41) is 3.21. The Morgan fingerprint density at radius 3 is 2.23 bits per heavy atom. The zero-order chi connectivity index (χ0) is 28.6. The van der Waals surface area contributed by atoms with Crippen LogP contribution in [0.25, 0.3) is 0 Å². The van der Waals surface area contributed by atoms with E-state index in [1.54, 1.807) is 4.90 Å². The first-order chi connectivity index (χ1) is 18.5. The van der Waals surface area contributed by atoms with Gasteiger partial charge in [0.2, 0.25) is 21.8 Å². The molecule has 2 aromatic rings. The number of hydrogen-bond donors (Lipinski definition) is 1. The van der Waals surface area contributed by atoms with Crippen LogP contribution in [-0.2, 0) is 26.2 Å². The van der Waals surface area contributed by atoms with Crippen LogP contribution in [0, 0.1) is 20.8 Å². The highest BCUT2D eigenvalue weighted by molar-refractivity contribution is 7.92. The van der Waals surface area contributed by atoms with Crippen molar-refractivity contribution in [1.29, 1.82) is 0 Å². The van der Waals surface area contributed by atoms with Gasteiger partial charge in [0.05, 0.1) is 11.9 Å². The average Bonchev–Trinajstić information content (AvgIpc) is 2.89. The molecular formula is C31H45N3O4S. The van der Waals surface area contributed by atoms with Gasteiger partial charge in [-0.25, -0.2) is 8.42 Å². The molecule has 0 radical (unpaired) electrons. The highest BCUT2D eigenvalue weighted by Gasteiger charge is 2.30. The van der Waals surface area contributed by atoms with E-state index in [1.165, 1.54) is 17.0 Å². The minimum atomic E-state index is -3.53. The molecule has 8 heteroatoms. The molecule has 1 N–H and O–H groups in total. The summed E-state index contributed by atoms with van der Waals surface area (Å²) in [7, 11) is -3.53. The fourth-order valence-electron chi connectivity index (χ4n) is 5.32. The van der Waals surface area contributed by atoms with Crippen LogP contribution in [-0.4, -0.2) is 50.0 Å². The summed E-state index contributed by atoms with van der Waals surface area (Å²) in [6.45, 7) is 8.30. The summed E-state index contributed by atoms with van der Waals surface area (Å²) in [5.74, 6) is -0.242. The van der Waals surface area contributed by atoms with Gasteiger partial charge in [0.25, 0.3) is 0 Å². The van der Waals surface area contributed by atoms with Gasteiger partial charge in [-0.05, 0) is 69.2 Å². The van der Waals surface area contributed by atoms with E-state index in [9.17, 15) is 18.0 Å². The van der Waals surface area contributed by atoms with Gasteiger partial charge >= 0.3 is 0 Å². The average molecular weight is 556 g/mol. The number of benzene rings is 2. The number of anilines is 1. The lowest BCUT2D eigenvalue weighted by Gasteiger charge is -2.33. The number of hydrogen-bond acceptors (Lipinski definition) is 4. The van der Waals surface area contributed by atoms with Crippen molar-refractivity contribution in [3.63, 3.8) is 0 Å². The maximum absolute atomic E-state index is 13.7. The van der Waals surface area contributed by atoms with E-state index >= 15 is 0 Å². The number of carbonyl (C=O) groups is 2. The van der Waals surface area contributed by atoms with E-state index in [1.807, 2.05) is 70.2 Å². The fraction of sp³-hybridized carbons (Fsp3) is 0.548. The highest BCUT2D eigenvalue weighted by Crippen LogP contribution is 2.25. The van der Waals surface area contributed by atoms with Gasteiger partial charge in [-0.3, -0.25) is 13.9 Å². The number of aryl methyl sites for hydroxylation is 3. The summed E-state index contributed by atoms with van der Waals surface area (Å²) < 4.78 is 26.8. The minimum Gasteiger partial charge on any atom is -0.352 e. The second kappa shape index (κ2) is 14.0. The Morgan fingerprint density at radius 2 is 1.62 bits per heavy atom. The van der Waals surface area contributed by atoms with E-state index in [0.29, 0.717) is 25.1 Å². The van der Waals surface area contributed by atoms with Gasteiger partial charge in [-0.15, -0.1) is 0 Å². The van der Waals surface area contributed by atoms with Crippen molar-refractivity contribution < 1.29 is 18.0 Å². The third kappa shape index (κ3) is 8.82. The van der Waals surface area contributed by atoms with Crippen LogP contribution in [0.15, 0.2) is 42.5 Å². The van der Waals surface area contributed by atoms with Crippen LogP contribution >= 0.6 is 0 Å². The first kappa shape index (κ1) is 30.7. The Labute approximate surface area is 235 Å². The lowest BCUT2D eigenvalue weighted by Crippen LogP contribution is -2.51. The van der Waals surface area contributed by atoms with Crippen LogP contribution in [0.3, 0.4) is 0 Å². The lowest BCUT2D eigenvalue weighted by atomic mass is 9.95. The van der Waals surface area contributed by atoms with Crippen LogP contribution in [0.2, 0.25) is 0 Å². The number of sulfonamides is 1. The normalized spacial score (nSPS) is 15.0. The summed E-state index contributed by atoms with van der Waals surface area (Å²) in [5.41, 5.74) is 4.57. The maximum Gasteiger partial charge on any atom is 0.243 e. The molecule has 0 aromatic heterocycles. The summed E-state index contributed by atoms with van der Waals surface area (Å²) in [4.78, 5) is 28.8. The van der Waals surface area contributed by atoms with Gasteiger partial charge in [0, 0.05) is 25.6 Å². The number of nitrogens with zero attached hydrogens (tertiary/aromatic N) is 2. The molecule has 0 heterocycles. The molecule has 1 aliphatic carbocycles. The molecule has 0 spiro atoms. The van der Waals surface area contributed by atoms with Crippen molar-refractivity contribution >= 4 is 27.5 Å². The van der Waals surface area contributed by atoms with E-state index in [4.69, 9.17) is 0 Å². The van der Waals surface area contributed by atoms with E-state index in [2.05, 4.69) is 5.32 Å². The quantitative estimate of drug-likeness (QED) is 0.379. The lowest BCUT2D eigenvalue weighted by molar-refractivity contribution is -0.141. The van der Waals surface area contributed by atoms with Crippen LogP contribution in [0.1, 0.15) is 80.5 Å². The third-order valence-corrected chi connectivity index (χ3v) is 8.78. The molecule has 1 aliphatic rings. The zero-order valence-corrected chi connectivity index (χ0v) is 25.0. The topological polar surface area (TPSA) is 86.8 Å². The molecule has 1 unspecified atom stereocenters. The molecule has 214 valence electrons. The second-order valence-corrected chi connectivity index (χ2v) is 12.9. The van der Waals surface area contributed by atoms with Crippen molar-refractivity contribution in [2.75, 3.05) is 17.1 Å². The largest absolute Gasteiger partial charge is 0.352 e.